The van der Waals surface area contributed by atoms with Gasteiger partial charge in [0.2, 0.25) is 0 Å². The van der Waals surface area contributed by atoms with Crippen molar-refractivity contribution in [1.29, 1.82) is 0 Å². The molecular weight excluding hydrogens is 520 g/mol. The van der Waals surface area contributed by atoms with Crippen molar-refractivity contribution in [2.24, 2.45) is 16.3 Å². The number of thiophene rings is 1. The maximum atomic E-state index is 13.5. The SMILES string of the molecule is CCOC(=O)COc1ccc(C=Nc2sc3c(c2C(=O)Nc2ccc(Cl)cc2)CC[C@H](C(C)(C)C)C3)cc1. The highest BCUT2D eigenvalue weighted by atomic mass is 35.5. The minimum Gasteiger partial charge on any atom is -0.482 e. The van der Waals surface area contributed by atoms with Crippen molar-refractivity contribution in [3.8, 4) is 5.75 Å². The number of rotatable bonds is 8. The van der Waals surface area contributed by atoms with E-state index in [1.54, 1.807) is 60.9 Å². The first-order valence-electron chi connectivity index (χ1n) is 12.8. The first-order valence-corrected chi connectivity index (χ1v) is 14.0. The fraction of sp³-hybridized carbons (Fsp3) is 0.367. The second kappa shape index (κ2) is 12.1. The Morgan fingerprint density at radius 1 is 1.13 bits per heavy atom. The Balaban J connectivity index is 1.57. The van der Waals surface area contributed by atoms with Crippen LogP contribution in [0.1, 0.15) is 60.5 Å². The molecule has 1 aliphatic carbocycles. The van der Waals surface area contributed by atoms with Gasteiger partial charge in [-0.2, -0.15) is 0 Å². The average molecular weight is 553 g/mol. The van der Waals surface area contributed by atoms with Crippen molar-refractivity contribution in [3.63, 3.8) is 0 Å². The molecule has 0 saturated heterocycles. The van der Waals surface area contributed by atoms with Gasteiger partial charge in [-0.3, -0.25) is 4.79 Å². The number of esters is 1. The van der Waals surface area contributed by atoms with Crippen LogP contribution in [0.2, 0.25) is 5.02 Å². The van der Waals surface area contributed by atoms with E-state index in [-0.39, 0.29) is 17.9 Å². The number of halogens is 1. The summed E-state index contributed by atoms with van der Waals surface area (Å²) in [7, 11) is 0. The summed E-state index contributed by atoms with van der Waals surface area (Å²) >= 11 is 7.62. The van der Waals surface area contributed by atoms with Crippen LogP contribution in [0.4, 0.5) is 10.7 Å². The van der Waals surface area contributed by atoms with Crippen molar-refractivity contribution in [2.75, 3.05) is 18.5 Å². The van der Waals surface area contributed by atoms with E-state index in [1.807, 2.05) is 12.1 Å². The number of aliphatic imine (C=N–C) groups is 1. The summed E-state index contributed by atoms with van der Waals surface area (Å²) in [5.74, 6) is 0.560. The van der Waals surface area contributed by atoms with Crippen LogP contribution >= 0.6 is 22.9 Å². The number of hydrogen-bond acceptors (Lipinski definition) is 6. The molecule has 1 amide bonds. The van der Waals surface area contributed by atoms with E-state index in [4.69, 9.17) is 26.1 Å². The van der Waals surface area contributed by atoms with Crippen LogP contribution in [0, 0.1) is 11.3 Å². The van der Waals surface area contributed by atoms with Gasteiger partial charge in [-0.05, 0) is 97.2 Å². The van der Waals surface area contributed by atoms with Crippen LogP contribution in [0.5, 0.6) is 5.75 Å². The van der Waals surface area contributed by atoms with Gasteiger partial charge in [-0.25, -0.2) is 9.79 Å². The number of nitrogens with one attached hydrogen (secondary N) is 1. The number of amides is 1. The molecule has 0 spiro atoms. The normalized spacial score (nSPS) is 15.2. The zero-order valence-corrected chi connectivity index (χ0v) is 23.7. The lowest BCUT2D eigenvalue weighted by molar-refractivity contribution is -0.145. The van der Waals surface area contributed by atoms with Crippen LogP contribution in [0.15, 0.2) is 53.5 Å². The Morgan fingerprint density at radius 3 is 2.50 bits per heavy atom. The van der Waals surface area contributed by atoms with Crippen molar-refractivity contribution in [1.82, 2.24) is 0 Å². The van der Waals surface area contributed by atoms with E-state index >= 15 is 0 Å². The van der Waals surface area contributed by atoms with Gasteiger partial charge in [0.05, 0.1) is 12.2 Å². The highest BCUT2D eigenvalue weighted by Crippen LogP contribution is 2.45. The van der Waals surface area contributed by atoms with Gasteiger partial charge >= 0.3 is 5.97 Å². The summed E-state index contributed by atoms with van der Waals surface area (Å²) in [5.41, 5.74) is 3.51. The van der Waals surface area contributed by atoms with Gasteiger partial charge in [-0.15, -0.1) is 11.3 Å². The first-order chi connectivity index (χ1) is 18.1. The zero-order chi connectivity index (χ0) is 27.3. The molecule has 0 unspecified atom stereocenters. The number of carbonyl (C=O) groups is 2. The van der Waals surface area contributed by atoms with Crippen LogP contribution in [0.25, 0.3) is 0 Å². The molecule has 0 aliphatic heterocycles. The molecule has 1 aliphatic rings. The largest absolute Gasteiger partial charge is 0.482 e. The highest BCUT2D eigenvalue weighted by Gasteiger charge is 2.33. The minimum absolute atomic E-state index is 0.135. The molecule has 8 heteroatoms. The maximum absolute atomic E-state index is 13.5. The molecule has 0 radical (unpaired) electrons. The van der Waals surface area contributed by atoms with Crippen molar-refractivity contribution in [2.45, 2.75) is 47.0 Å². The number of carbonyl (C=O) groups excluding carboxylic acids is 2. The van der Waals surface area contributed by atoms with E-state index in [9.17, 15) is 9.59 Å². The van der Waals surface area contributed by atoms with Gasteiger partial charge in [0.15, 0.2) is 6.61 Å². The summed E-state index contributed by atoms with van der Waals surface area (Å²) in [6.07, 6.45) is 4.61. The Hall–Kier alpha value is -3.16. The standard InChI is InChI=1S/C30H33ClN2O4S/c1-5-36-26(34)18-37-23-13-6-19(7-14-23)17-32-29-27(28(35)33-22-11-9-21(31)10-12-22)24-15-8-20(30(2,3)4)16-25(24)38-29/h6-7,9-14,17,20H,5,8,15-16,18H2,1-4H3,(H,33,35)/t20-/m0/s1. The van der Waals surface area contributed by atoms with Crippen molar-refractivity contribution in [3.05, 3.63) is 75.1 Å². The number of nitrogens with zero attached hydrogens (tertiary/aromatic N) is 1. The van der Waals surface area contributed by atoms with Crippen LogP contribution in [-0.4, -0.2) is 31.3 Å². The predicted octanol–water partition coefficient (Wildman–Crippen LogP) is 7.50. The summed E-state index contributed by atoms with van der Waals surface area (Å²) < 4.78 is 10.4. The van der Waals surface area contributed by atoms with Crippen molar-refractivity contribution >= 4 is 51.7 Å². The third-order valence-corrected chi connectivity index (χ3v) is 8.09. The lowest BCUT2D eigenvalue weighted by Gasteiger charge is -2.33. The Bertz CT molecular complexity index is 1310. The van der Waals surface area contributed by atoms with Crippen molar-refractivity contribution < 1.29 is 19.1 Å². The monoisotopic (exact) mass is 552 g/mol. The van der Waals surface area contributed by atoms with Crippen LogP contribution in [-0.2, 0) is 22.4 Å². The Morgan fingerprint density at radius 2 is 1.84 bits per heavy atom. The Kier molecular flexibility index (Phi) is 8.90. The summed E-state index contributed by atoms with van der Waals surface area (Å²) in [4.78, 5) is 31.0. The molecule has 0 fully saturated rings. The van der Waals surface area contributed by atoms with Crippen LogP contribution < -0.4 is 10.1 Å². The van der Waals surface area contributed by atoms with E-state index in [0.717, 1.165) is 30.4 Å². The summed E-state index contributed by atoms with van der Waals surface area (Å²) in [5, 5.41) is 4.35. The number of hydrogen-bond donors (Lipinski definition) is 1. The van der Waals surface area contributed by atoms with E-state index in [1.165, 1.54) is 4.88 Å². The minimum atomic E-state index is -0.405. The fourth-order valence-electron chi connectivity index (χ4n) is 4.49. The third kappa shape index (κ3) is 7.03. The van der Waals surface area contributed by atoms with Crippen LogP contribution in [0.3, 0.4) is 0 Å². The molecule has 38 heavy (non-hydrogen) atoms. The van der Waals surface area contributed by atoms with Gasteiger partial charge in [0, 0.05) is 21.8 Å². The third-order valence-electron chi connectivity index (χ3n) is 6.67. The van der Waals surface area contributed by atoms with Gasteiger partial charge in [0.25, 0.3) is 5.91 Å². The van der Waals surface area contributed by atoms with E-state index in [0.29, 0.717) is 39.5 Å². The molecule has 1 atom stereocenters. The maximum Gasteiger partial charge on any atom is 0.344 e. The lowest BCUT2D eigenvalue weighted by Crippen LogP contribution is -2.27. The smallest absolute Gasteiger partial charge is 0.344 e. The Labute approximate surface area is 233 Å². The highest BCUT2D eigenvalue weighted by molar-refractivity contribution is 7.16. The van der Waals surface area contributed by atoms with E-state index in [2.05, 4.69) is 26.1 Å². The summed E-state index contributed by atoms with van der Waals surface area (Å²) in [6.45, 7) is 8.78. The zero-order valence-electron chi connectivity index (χ0n) is 22.2. The summed E-state index contributed by atoms with van der Waals surface area (Å²) in [6, 6.07) is 14.4. The van der Waals surface area contributed by atoms with Gasteiger partial charge in [-0.1, -0.05) is 32.4 Å². The van der Waals surface area contributed by atoms with Gasteiger partial charge < -0.3 is 14.8 Å². The fourth-order valence-corrected chi connectivity index (χ4v) is 5.89. The molecule has 6 nitrogen and oxygen atoms in total. The number of ether oxygens (including phenoxy) is 2. The molecule has 2 aromatic carbocycles. The van der Waals surface area contributed by atoms with E-state index < -0.39 is 5.97 Å². The number of benzene rings is 2. The second-order valence-electron chi connectivity index (χ2n) is 10.4. The topological polar surface area (TPSA) is 77.0 Å². The molecule has 3 aromatic rings. The second-order valence-corrected chi connectivity index (χ2v) is 11.9. The molecule has 1 N–H and O–H groups in total. The molecule has 0 bridgehead atoms. The predicted molar refractivity (Wildman–Crippen MR) is 155 cm³/mol. The lowest BCUT2D eigenvalue weighted by atomic mass is 9.72. The molecule has 4 rings (SSSR count). The number of anilines is 1. The molecule has 200 valence electrons. The molecule has 1 aromatic heterocycles. The number of fused-ring (bicyclic) bond motifs is 1. The molecule has 0 saturated carbocycles. The first kappa shape index (κ1) is 27.9. The quantitative estimate of drug-likeness (QED) is 0.232. The van der Waals surface area contributed by atoms with Gasteiger partial charge in [0.1, 0.15) is 10.8 Å². The molecular formula is C30H33ClN2O4S. The molecule has 1 heterocycles. The average Bonchev–Trinajstić information content (AvgIpc) is 3.26.